The van der Waals surface area contributed by atoms with Gasteiger partial charge < -0.3 is 20.5 Å². The van der Waals surface area contributed by atoms with Gasteiger partial charge in [0.1, 0.15) is 18.1 Å². The first-order chi connectivity index (χ1) is 27.5. The smallest absolute Gasteiger partial charge is 0.328 e. The van der Waals surface area contributed by atoms with Crippen molar-refractivity contribution in [1.82, 2.24) is 24.6 Å². The molecule has 0 radical (unpaired) electrons. The van der Waals surface area contributed by atoms with Crippen LogP contribution < -0.4 is 10.6 Å². The van der Waals surface area contributed by atoms with E-state index in [1.54, 1.807) is 4.90 Å². The van der Waals surface area contributed by atoms with Crippen molar-refractivity contribution in [3.8, 4) is 11.3 Å². The molecule has 0 bridgehead atoms. The Morgan fingerprint density at radius 2 is 1.44 bits per heavy atom. The van der Waals surface area contributed by atoms with Crippen LogP contribution in [0, 0.1) is 0 Å². The summed E-state index contributed by atoms with van der Waals surface area (Å²) in [4.78, 5) is 65.8. The number of likely N-dealkylation sites (N-methyl/N-ethyl adjacent to an activating group) is 2. The maximum Gasteiger partial charge on any atom is 0.328 e. The first-order valence-electron chi connectivity index (χ1n) is 20.0. The molecule has 5 amide bonds. The largest absolute Gasteiger partial charge is 0.354 e. The van der Waals surface area contributed by atoms with E-state index in [1.807, 2.05) is 142 Å². The molecule has 5 aromatic rings. The van der Waals surface area contributed by atoms with Crippen LogP contribution >= 0.6 is 0 Å². The zero-order chi connectivity index (χ0) is 40.2. The van der Waals surface area contributed by atoms with Crippen molar-refractivity contribution in [2.24, 2.45) is 0 Å². The molecule has 0 unspecified atom stereocenters. The summed E-state index contributed by atoms with van der Waals surface area (Å²) < 4.78 is 0. The topological polar surface area (TPSA) is 121 Å². The number of anilines is 2. The molecule has 1 aliphatic heterocycles. The van der Waals surface area contributed by atoms with Crippen molar-refractivity contribution < 1.29 is 19.2 Å². The molecule has 7 rings (SSSR count). The lowest BCUT2D eigenvalue weighted by Gasteiger charge is -2.31. The second-order valence-corrected chi connectivity index (χ2v) is 15.6. The minimum absolute atomic E-state index is 0.0660. The summed E-state index contributed by atoms with van der Waals surface area (Å²) in [6, 6.07) is 29.0. The third-order valence-electron chi connectivity index (χ3n) is 11.3. The van der Waals surface area contributed by atoms with Crippen LogP contribution in [0.4, 0.5) is 16.2 Å². The first-order valence-corrected chi connectivity index (χ1v) is 20.0. The van der Waals surface area contributed by atoms with Crippen LogP contribution in [0.2, 0.25) is 0 Å². The Labute approximate surface area is 335 Å². The number of nitrogens with one attached hydrogen (secondary N) is 3. The highest BCUT2D eigenvalue weighted by atomic mass is 16.2. The molecule has 4 aromatic carbocycles. The lowest BCUT2D eigenvalue weighted by molar-refractivity contribution is -0.140. The number of urea groups is 1. The summed E-state index contributed by atoms with van der Waals surface area (Å²) in [7, 11) is 7.49. The number of carbonyl (C=O) groups is 4. The van der Waals surface area contributed by atoms with Crippen molar-refractivity contribution in [3.05, 3.63) is 119 Å². The Hall–Kier alpha value is -5.78. The lowest BCUT2D eigenvalue weighted by atomic mass is 9.88. The van der Waals surface area contributed by atoms with Gasteiger partial charge in [0.05, 0.1) is 0 Å². The Bertz CT molecular complexity index is 2250. The lowest BCUT2D eigenvalue weighted by Crippen LogP contribution is -2.47. The molecule has 57 heavy (non-hydrogen) atoms. The predicted molar refractivity (Wildman–Crippen MR) is 226 cm³/mol. The van der Waals surface area contributed by atoms with Crippen LogP contribution in [0.3, 0.4) is 0 Å². The monoisotopic (exact) mass is 767 g/mol. The number of rotatable bonds is 12. The van der Waals surface area contributed by atoms with Gasteiger partial charge in [0.25, 0.3) is 5.91 Å². The fraction of sp³-hybridized carbons (Fsp3) is 0.348. The van der Waals surface area contributed by atoms with Gasteiger partial charge in [0.2, 0.25) is 11.8 Å². The van der Waals surface area contributed by atoms with Crippen molar-refractivity contribution in [2.75, 3.05) is 51.9 Å². The van der Waals surface area contributed by atoms with Crippen LogP contribution in [0.1, 0.15) is 66.9 Å². The van der Waals surface area contributed by atoms with Gasteiger partial charge in [0.15, 0.2) is 0 Å². The van der Waals surface area contributed by atoms with Crippen LogP contribution in [0.5, 0.6) is 0 Å². The summed E-state index contributed by atoms with van der Waals surface area (Å²) in [5, 5.41) is 7.20. The van der Waals surface area contributed by atoms with Gasteiger partial charge in [-0.15, -0.1) is 0 Å². The number of benzene rings is 4. The van der Waals surface area contributed by atoms with Gasteiger partial charge in [-0.05, 0) is 113 Å². The van der Waals surface area contributed by atoms with Gasteiger partial charge in [-0.1, -0.05) is 80.1 Å². The molecule has 11 heteroatoms. The highest BCUT2D eigenvalue weighted by molar-refractivity contribution is 6.04. The van der Waals surface area contributed by atoms with Crippen molar-refractivity contribution in [1.29, 1.82) is 0 Å². The average Bonchev–Trinajstić information content (AvgIpc) is 3.84. The van der Waals surface area contributed by atoms with Crippen LogP contribution in [-0.4, -0.2) is 95.7 Å². The quantitative estimate of drug-likeness (QED) is 0.120. The van der Waals surface area contributed by atoms with Crippen LogP contribution in [0.15, 0.2) is 97.1 Å². The van der Waals surface area contributed by atoms with Crippen molar-refractivity contribution in [3.63, 3.8) is 0 Å². The normalized spacial score (nSPS) is 15.9. The van der Waals surface area contributed by atoms with E-state index in [4.69, 9.17) is 0 Å². The minimum atomic E-state index is -0.589. The number of aromatic amines is 1. The SMILES string of the molecule is CCCCN(C(=O)Nc1ccc2c(c1)CCc1c-2[nH]c2ccc(NC(=O)[C@@H]3CCCN3C(=O)[C@@H](c3ccccc3)N(C)C)cc12)C(=O)[C@@H](c1ccccc1)N(C)C. The molecule has 3 N–H and O–H groups in total. The minimum Gasteiger partial charge on any atom is -0.354 e. The van der Waals surface area contributed by atoms with E-state index >= 15 is 0 Å². The Balaban J connectivity index is 1.07. The van der Waals surface area contributed by atoms with Gasteiger partial charge >= 0.3 is 6.03 Å². The van der Waals surface area contributed by atoms with E-state index in [1.165, 1.54) is 10.5 Å². The number of likely N-dealkylation sites (tertiary alicyclic amines) is 1. The number of nitrogens with zero attached hydrogens (tertiary/aromatic N) is 4. The maximum absolute atomic E-state index is 13.9. The third kappa shape index (κ3) is 8.22. The zero-order valence-corrected chi connectivity index (χ0v) is 33.5. The molecule has 11 nitrogen and oxygen atoms in total. The predicted octanol–water partition coefficient (Wildman–Crippen LogP) is 7.63. The second-order valence-electron chi connectivity index (χ2n) is 15.6. The Kier molecular flexibility index (Phi) is 11.9. The molecule has 1 fully saturated rings. The fourth-order valence-corrected chi connectivity index (χ4v) is 8.44. The number of imide groups is 1. The molecule has 2 heterocycles. The number of H-pyrrole nitrogens is 1. The number of fused-ring (bicyclic) bond motifs is 5. The summed E-state index contributed by atoms with van der Waals surface area (Å²) in [5.41, 5.74) is 8.39. The Morgan fingerprint density at radius 3 is 2.11 bits per heavy atom. The summed E-state index contributed by atoms with van der Waals surface area (Å²) >= 11 is 0. The molecule has 1 aromatic heterocycles. The number of aryl methyl sites for hydroxylation is 2. The number of hydrogen-bond acceptors (Lipinski definition) is 6. The Morgan fingerprint density at radius 1 is 0.789 bits per heavy atom. The number of hydrogen-bond donors (Lipinski definition) is 3. The third-order valence-corrected chi connectivity index (χ3v) is 11.3. The summed E-state index contributed by atoms with van der Waals surface area (Å²) in [5.74, 6) is -0.505. The highest BCUT2D eigenvalue weighted by Gasteiger charge is 2.39. The number of unbranched alkanes of at least 4 members (excludes halogenated alkanes) is 1. The second kappa shape index (κ2) is 17.2. The first kappa shape index (κ1) is 39.5. The van der Waals surface area contributed by atoms with Gasteiger partial charge in [0, 0.05) is 46.6 Å². The maximum atomic E-state index is 13.9. The van der Waals surface area contributed by atoms with E-state index in [0.29, 0.717) is 37.3 Å². The van der Waals surface area contributed by atoms with Crippen LogP contribution in [-0.2, 0) is 27.2 Å². The summed E-state index contributed by atoms with van der Waals surface area (Å²) in [6.45, 7) is 2.91. The highest BCUT2D eigenvalue weighted by Crippen LogP contribution is 2.39. The standard InChI is InChI=1S/C46H53N7O4/c1-6-7-26-53(45(56)42(51(4)5)31-17-12-9-13-18-31)46(57)48-33-21-24-35-32(28-33)20-23-36-37-29-34(22-25-38(37)49-40(35)36)47-43(54)39-19-14-27-52(39)44(55)41(50(2)3)30-15-10-8-11-16-30/h8-13,15-18,21-22,24-25,28-29,39,41-42,49H,6-7,14,19-20,23,26-27H2,1-5H3,(H,47,54)(H,48,57)/t39-,41+,42+/m0/s1. The molecular weight excluding hydrogens is 715 g/mol. The molecule has 1 saturated heterocycles. The van der Waals surface area contributed by atoms with Crippen LogP contribution in [0.25, 0.3) is 22.2 Å². The van der Waals surface area contributed by atoms with E-state index < -0.39 is 24.2 Å². The fourth-order valence-electron chi connectivity index (χ4n) is 8.44. The molecule has 3 atom stereocenters. The number of carbonyl (C=O) groups excluding carboxylic acids is 4. The molecular formula is C46H53N7O4. The molecule has 0 spiro atoms. The van der Waals surface area contributed by atoms with E-state index in [2.05, 4.69) is 15.6 Å². The van der Waals surface area contributed by atoms with Gasteiger partial charge in [-0.3, -0.25) is 29.1 Å². The number of amides is 5. The van der Waals surface area contributed by atoms with E-state index in [0.717, 1.165) is 64.5 Å². The molecule has 2 aliphatic rings. The zero-order valence-electron chi connectivity index (χ0n) is 33.5. The molecule has 1 aliphatic carbocycles. The van der Waals surface area contributed by atoms with Crippen molar-refractivity contribution >= 4 is 46.0 Å². The average molecular weight is 768 g/mol. The number of aromatic nitrogens is 1. The van der Waals surface area contributed by atoms with Gasteiger partial charge in [-0.25, -0.2) is 4.79 Å². The summed E-state index contributed by atoms with van der Waals surface area (Å²) in [6.07, 6.45) is 4.48. The molecule has 296 valence electrons. The molecule has 0 saturated carbocycles. The van der Waals surface area contributed by atoms with Gasteiger partial charge in [-0.2, -0.15) is 0 Å². The van der Waals surface area contributed by atoms with E-state index in [-0.39, 0.29) is 17.7 Å². The van der Waals surface area contributed by atoms with Crippen molar-refractivity contribution in [2.45, 2.75) is 63.6 Å². The van der Waals surface area contributed by atoms with E-state index in [9.17, 15) is 19.2 Å².